The summed E-state index contributed by atoms with van der Waals surface area (Å²) in [6, 6.07) is -0.232. The van der Waals surface area contributed by atoms with Crippen LogP contribution in [0.5, 0.6) is 0 Å². The molecule has 0 unspecified atom stereocenters. The minimum Gasteiger partial charge on any atom is -0.356 e. The van der Waals surface area contributed by atoms with Crippen molar-refractivity contribution in [2.45, 2.75) is 31.7 Å². The van der Waals surface area contributed by atoms with E-state index in [1.165, 1.54) is 12.2 Å². The topological polar surface area (TPSA) is 95.6 Å². The zero-order chi connectivity index (χ0) is 17.2. The molecule has 1 rings (SSSR count). The van der Waals surface area contributed by atoms with Gasteiger partial charge < -0.3 is 10.6 Å². The number of amides is 3. The molecule has 7 nitrogen and oxygen atoms in total. The predicted molar refractivity (Wildman–Crippen MR) is 89.5 cm³/mol. The third kappa shape index (κ3) is 6.64. The van der Waals surface area contributed by atoms with Crippen molar-refractivity contribution < 1.29 is 19.2 Å². The molecule has 0 saturated heterocycles. The van der Waals surface area contributed by atoms with Crippen molar-refractivity contribution in [3.8, 4) is 0 Å². The smallest absolute Gasteiger partial charge is 0.253 e. The molecular weight excluding hydrogens is 337 g/mol. The molecule has 0 fully saturated rings. The molecule has 23 heavy (non-hydrogen) atoms. The molecule has 2 N–H and O–H groups in total. The molecule has 3 amide bonds. The molecule has 1 aliphatic heterocycles. The van der Waals surface area contributed by atoms with Crippen molar-refractivity contribution in [2.75, 3.05) is 20.1 Å². The first-order valence-electron chi connectivity index (χ1n) is 7.34. The molecule has 0 aromatic heterocycles. The van der Waals surface area contributed by atoms with Crippen LogP contribution in [0.15, 0.2) is 12.2 Å². The van der Waals surface area contributed by atoms with Crippen LogP contribution >= 0.6 is 7.36 Å². The van der Waals surface area contributed by atoms with Crippen LogP contribution < -0.4 is 10.6 Å². The largest absolute Gasteiger partial charge is 0.356 e. The third-order valence-electron chi connectivity index (χ3n) is 3.44. The summed E-state index contributed by atoms with van der Waals surface area (Å²) in [7, 11) is 2.06. The summed E-state index contributed by atoms with van der Waals surface area (Å²) in [5.74, 6) is -0.971. The standard InChI is InChI=1S/C14H20N3O4PS/c1-15-10(14(21)22-23)4-2-3-8-16-11(18)7-9-17-12(19)5-6-13(17)20/h5-6,10,15H,2-4,7-9H2,1H3,(H,16,18)/t10-/m0/s1. The molecule has 0 radical (unpaired) electrons. The lowest BCUT2D eigenvalue weighted by molar-refractivity contribution is -0.137. The van der Waals surface area contributed by atoms with Gasteiger partial charge in [0.2, 0.25) is 11.4 Å². The van der Waals surface area contributed by atoms with E-state index in [2.05, 4.69) is 10.6 Å². The average molecular weight is 357 g/mol. The van der Waals surface area contributed by atoms with Gasteiger partial charge in [-0.25, -0.2) is 0 Å². The second kappa shape index (κ2) is 10.3. The monoisotopic (exact) mass is 357 g/mol. The van der Waals surface area contributed by atoms with Crippen LogP contribution in [0.3, 0.4) is 0 Å². The molecule has 0 bridgehead atoms. The minimum absolute atomic E-state index is 0.0138. The predicted octanol–water partition coefficient (Wildman–Crippen LogP) is 0.111. The Bertz CT molecular complexity index is 506. The van der Waals surface area contributed by atoms with Crippen molar-refractivity contribution >= 4 is 42.4 Å². The molecule has 126 valence electrons. The van der Waals surface area contributed by atoms with Gasteiger partial charge in [-0.1, -0.05) is 0 Å². The van der Waals surface area contributed by atoms with Gasteiger partial charge in [-0.15, -0.1) is 0 Å². The molecule has 0 aromatic rings. The summed E-state index contributed by atoms with van der Waals surface area (Å²) in [6.07, 6.45) is 4.69. The molecule has 9 heteroatoms. The van der Waals surface area contributed by atoms with E-state index in [0.29, 0.717) is 20.3 Å². The maximum absolute atomic E-state index is 11.7. The van der Waals surface area contributed by atoms with Crippen LogP contribution in [0, 0.1) is 0 Å². The zero-order valence-corrected chi connectivity index (χ0v) is 14.6. The van der Waals surface area contributed by atoms with E-state index < -0.39 is 0 Å². The Kier molecular flexibility index (Phi) is 8.76. The Morgan fingerprint density at radius 3 is 2.48 bits per heavy atom. The number of likely N-dealkylation sites (N-methyl/N-ethyl adjacent to an activating group) is 1. The molecule has 1 atom stereocenters. The van der Waals surface area contributed by atoms with Crippen LogP contribution in [0.2, 0.25) is 0 Å². The highest BCUT2D eigenvalue weighted by Gasteiger charge is 2.23. The molecule has 0 saturated carbocycles. The number of unbranched alkanes of at least 4 members (excludes halogenated alkanes) is 1. The fourth-order valence-electron chi connectivity index (χ4n) is 2.11. The second-order valence-corrected chi connectivity index (χ2v) is 6.20. The minimum atomic E-state index is -0.383. The first kappa shape index (κ1) is 19.5. The summed E-state index contributed by atoms with van der Waals surface area (Å²) in [4.78, 5) is 46.8. The van der Waals surface area contributed by atoms with Gasteiger partial charge in [0.25, 0.3) is 11.8 Å². The van der Waals surface area contributed by atoms with E-state index in [1.54, 1.807) is 7.05 Å². The molecule has 1 heterocycles. The maximum atomic E-state index is 11.7. The van der Waals surface area contributed by atoms with E-state index in [4.69, 9.17) is 11.8 Å². The molecule has 0 aliphatic carbocycles. The summed E-state index contributed by atoms with van der Waals surface area (Å²) in [6.45, 7) is 0.583. The average Bonchev–Trinajstić information content (AvgIpc) is 2.86. The SMILES string of the molecule is CN[C@@H](CCCCNC(=O)CCN1C(=O)C=CC1=O)C(=O)P=S. The van der Waals surface area contributed by atoms with Gasteiger partial charge in [0.1, 0.15) is 0 Å². The lowest BCUT2D eigenvalue weighted by atomic mass is 10.1. The van der Waals surface area contributed by atoms with Crippen molar-refractivity contribution in [2.24, 2.45) is 0 Å². The molecule has 0 spiro atoms. The fraction of sp³-hybridized carbons (Fsp3) is 0.571. The fourth-order valence-corrected chi connectivity index (χ4v) is 2.88. The third-order valence-corrected chi connectivity index (χ3v) is 4.47. The Hall–Kier alpha value is -1.50. The van der Waals surface area contributed by atoms with E-state index in [1.807, 2.05) is 0 Å². The molecule has 0 aromatic carbocycles. The normalized spacial score (nSPS) is 15.3. The van der Waals surface area contributed by atoms with E-state index >= 15 is 0 Å². The second-order valence-electron chi connectivity index (χ2n) is 5.03. The lowest BCUT2D eigenvalue weighted by Gasteiger charge is -2.14. The highest BCUT2D eigenvalue weighted by molar-refractivity contribution is 8.03. The zero-order valence-electron chi connectivity index (χ0n) is 12.9. The van der Waals surface area contributed by atoms with Crippen LogP contribution in [-0.4, -0.2) is 54.3 Å². The summed E-state index contributed by atoms with van der Waals surface area (Å²) in [5.41, 5.74) is -0.0138. The maximum Gasteiger partial charge on any atom is 0.253 e. The number of carbonyl (C=O) groups is 4. The van der Waals surface area contributed by atoms with Gasteiger partial charge in [-0.3, -0.25) is 24.1 Å². The summed E-state index contributed by atoms with van der Waals surface area (Å²) >= 11 is 4.71. The quantitative estimate of drug-likeness (QED) is 0.310. The van der Waals surface area contributed by atoms with Gasteiger partial charge >= 0.3 is 0 Å². The van der Waals surface area contributed by atoms with Crippen molar-refractivity contribution in [3.63, 3.8) is 0 Å². The first-order chi connectivity index (χ1) is 11.0. The van der Waals surface area contributed by atoms with Gasteiger partial charge in [0, 0.05) is 31.7 Å². The van der Waals surface area contributed by atoms with E-state index in [-0.39, 0.29) is 42.3 Å². The van der Waals surface area contributed by atoms with Crippen LogP contribution in [0.25, 0.3) is 0 Å². The summed E-state index contributed by atoms with van der Waals surface area (Å²) < 4.78 is 0. The lowest BCUT2D eigenvalue weighted by Crippen LogP contribution is -2.35. The number of carbonyl (C=O) groups excluding carboxylic acids is 4. The Morgan fingerprint density at radius 1 is 1.26 bits per heavy atom. The molecule has 1 aliphatic rings. The number of hydrogen-bond donors (Lipinski definition) is 2. The number of nitrogens with zero attached hydrogens (tertiary/aromatic N) is 1. The van der Waals surface area contributed by atoms with E-state index in [9.17, 15) is 19.2 Å². The van der Waals surface area contributed by atoms with Gasteiger partial charge in [-0.05, 0) is 38.1 Å². The number of imide groups is 1. The van der Waals surface area contributed by atoms with Crippen LogP contribution in [-0.2, 0) is 31.0 Å². The molecular formula is C14H20N3O4PS. The Labute approximate surface area is 141 Å². The van der Waals surface area contributed by atoms with Crippen LogP contribution in [0.4, 0.5) is 0 Å². The Morgan fingerprint density at radius 2 is 1.91 bits per heavy atom. The number of hydrogen-bond acceptors (Lipinski definition) is 6. The van der Waals surface area contributed by atoms with Crippen molar-refractivity contribution in [1.82, 2.24) is 15.5 Å². The van der Waals surface area contributed by atoms with Gasteiger partial charge in [-0.2, -0.15) is 0 Å². The van der Waals surface area contributed by atoms with Crippen LogP contribution in [0.1, 0.15) is 25.7 Å². The number of rotatable bonds is 11. The Balaban J connectivity index is 2.12. The highest BCUT2D eigenvalue weighted by Crippen LogP contribution is 2.08. The van der Waals surface area contributed by atoms with Gasteiger partial charge in [0.15, 0.2) is 0 Å². The van der Waals surface area contributed by atoms with Crippen molar-refractivity contribution in [1.29, 1.82) is 0 Å². The van der Waals surface area contributed by atoms with Gasteiger partial charge in [0.05, 0.1) is 13.4 Å². The number of nitrogens with one attached hydrogen (secondary N) is 2. The van der Waals surface area contributed by atoms with E-state index in [0.717, 1.165) is 17.7 Å². The van der Waals surface area contributed by atoms with Crippen molar-refractivity contribution in [3.05, 3.63) is 12.2 Å². The first-order valence-corrected chi connectivity index (χ1v) is 9.25. The highest BCUT2D eigenvalue weighted by atomic mass is 32.4. The summed E-state index contributed by atoms with van der Waals surface area (Å²) in [5, 5.41) is 5.66.